The van der Waals surface area contributed by atoms with Gasteiger partial charge in [0.15, 0.2) is 5.96 Å². The third kappa shape index (κ3) is 6.65. The molecule has 2 aromatic carbocycles. The number of hydrogen-bond acceptors (Lipinski definition) is 2. The quantitative estimate of drug-likeness (QED) is 0.311. The Labute approximate surface area is 154 Å². The number of rotatable bonds is 5. The number of benzene rings is 2. The van der Waals surface area contributed by atoms with Crippen LogP contribution in [0.4, 0.5) is 18.9 Å². The second kappa shape index (κ2) is 9.36. The number of guanidine groups is 1. The van der Waals surface area contributed by atoms with E-state index >= 15 is 0 Å². The Balaban J connectivity index is 0.00000288. The molecule has 0 saturated heterocycles. The second-order valence-corrected chi connectivity index (χ2v) is 4.63. The zero-order valence-electron chi connectivity index (χ0n) is 12.6. The number of hydrogen-bond donors (Lipinski definition) is 2. The standard InChI is InChI=1S/C16H16F3N3O.HI/c17-16(18,19)12-5-4-8-14(11-12)23-10-9-21-15(20)22-13-6-2-1-3-7-13;/h1-8,11H,9-10H2,(H3,20,21,22);1H. The van der Waals surface area contributed by atoms with Crippen LogP contribution in [0.15, 0.2) is 59.6 Å². The molecule has 24 heavy (non-hydrogen) atoms. The predicted molar refractivity (Wildman–Crippen MR) is 98.9 cm³/mol. The van der Waals surface area contributed by atoms with Crippen LogP contribution in [0, 0.1) is 0 Å². The highest BCUT2D eigenvalue weighted by molar-refractivity contribution is 14.0. The van der Waals surface area contributed by atoms with Gasteiger partial charge in [0.2, 0.25) is 0 Å². The van der Waals surface area contributed by atoms with Crippen molar-refractivity contribution >= 4 is 35.6 Å². The Morgan fingerprint density at radius 3 is 2.46 bits per heavy atom. The lowest BCUT2D eigenvalue weighted by Crippen LogP contribution is -2.23. The van der Waals surface area contributed by atoms with Crippen LogP contribution >= 0.6 is 24.0 Å². The first kappa shape index (κ1) is 20.1. The van der Waals surface area contributed by atoms with Gasteiger partial charge in [-0.1, -0.05) is 24.3 Å². The molecule has 0 aliphatic heterocycles. The van der Waals surface area contributed by atoms with Gasteiger partial charge in [0.25, 0.3) is 0 Å². The minimum atomic E-state index is -4.39. The summed E-state index contributed by atoms with van der Waals surface area (Å²) in [6.07, 6.45) is -4.39. The number of alkyl halides is 3. The average Bonchev–Trinajstić information content (AvgIpc) is 2.52. The smallest absolute Gasteiger partial charge is 0.416 e. The van der Waals surface area contributed by atoms with Gasteiger partial charge in [0.1, 0.15) is 12.4 Å². The number of halogens is 4. The summed E-state index contributed by atoms with van der Waals surface area (Å²) in [4.78, 5) is 4.04. The normalized spacial score (nSPS) is 11.5. The summed E-state index contributed by atoms with van der Waals surface area (Å²) < 4.78 is 43.0. The zero-order valence-corrected chi connectivity index (χ0v) is 14.9. The maximum Gasteiger partial charge on any atom is 0.416 e. The molecular weight excluding hydrogens is 434 g/mol. The van der Waals surface area contributed by atoms with E-state index in [1.165, 1.54) is 12.1 Å². The molecule has 0 amide bonds. The molecule has 4 nitrogen and oxygen atoms in total. The maximum atomic E-state index is 12.6. The SMILES string of the molecule is I.NC(=NCCOc1cccc(C(F)(F)F)c1)Nc1ccccc1. The highest BCUT2D eigenvalue weighted by Crippen LogP contribution is 2.31. The molecule has 0 heterocycles. The third-order valence-corrected chi connectivity index (χ3v) is 2.85. The highest BCUT2D eigenvalue weighted by atomic mass is 127. The number of aliphatic imine (C=N–C) groups is 1. The molecule has 2 rings (SSSR count). The molecule has 0 aliphatic rings. The molecule has 0 bridgehead atoms. The molecule has 2 aromatic rings. The van der Waals surface area contributed by atoms with Crippen molar-refractivity contribution in [2.24, 2.45) is 10.7 Å². The Bertz CT molecular complexity index is 663. The summed E-state index contributed by atoms with van der Waals surface area (Å²) in [5.74, 6) is 0.355. The van der Waals surface area contributed by atoms with Crippen molar-refractivity contribution in [3.8, 4) is 5.75 Å². The molecule has 8 heteroatoms. The van der Waals surface area contributed by atoms with Crippen LogP contribution in [-0.4, -0.2) is 19.1 Å². The lowest BCUT2D eigenvalue weighted by Gasteiger charge is -2.10. The molecule has 0 aliphatic carbocycles. The molecule has 3 N–H and O–H groups in total. The summed E-state index contributed by atoms with van der Waals surface area (Å²) in [6.45, 7) is 0.348. The van der Waals surface area contributed by atoms with E-state index in [0.29, 0.717) is 0 Å². The number of para-hydroxylation sites is 1. The van der Waals surface area contributed by atoms with Crippen molar-refractivity contribution in [2.75, 3.05) is 18.5 Å². The van der Waals surface area contributed by atoms with Gasteiger partial charge in [0, 0.05) is 5.69 Å². The first-order valence-electron chi connectivity index (χ1n) is 6.87. The topological polar surface area (TPSA) is 59.6 Å². The monoisotopic (exact) mass is 451 g/mol. The van der Waals surface area contributed by atoms with E-state index in [1.807, 2.05) is 30.3 Å². The summed E-state index contributed by atoms with van der Waals surface area (Å²) in [7, 11) is 0. The predicted octanol–water partition coefficient (Wildman–Crippen LogP) is 4.13. The first-order valence-corrected chi connectivity index (χ1v) is 6.87. The molecule has 0 atom stereocenters. The van der Waals surface area contributed by atoms with E-state index in [2.05, 4.69) is 10.3 Å². The van der Waals surface area contributed by atoms with Crippen molar-refractivity contribution in [1.82, 2.24) is 0 Å². The Morgan fingerprint density at radius 1 is 1.08 bits per heavy atom. The molecule has 0 spiro atoms. The fraction of sp³-hybridized carbons (Fsp3) is 0.188. The van der Waals surface area contributed by atoms with E-state index in [1.54, 1.807) is 0 Å². The molecular formula is C16H17F3IN3O. The zero-order chi connectivity index (χ0) is 16.7. The minimum absolute atomic E-state index is 0. The van der Waals surface area contributed by atoms with E-state index in [-0.39, 0.29) is 48.8 Å². The fourth-order valence-electron chi connectivity index (χ4n) is 1.80. The minimum Gasteiger partial charge on any atom is -0.492 e. The molecule has 0 unspecified atom stereocenters. The van der Waals surface area contributed by atoms with Crippen LogP contribution < -0.4 is 15.8 Å². The van der Waals surface area contributed by atoms with Gasteiger partial charge in [-0.2, -0.15) is 13.2 Å². The van der Waals surface area contributed by atoms with Crippen molar-refractivity contribution in [1.29, 1.82) is 0 Å². The van der Waals surface area contributed by atoms with Gasteiger partial charge >= 0.3 is 6.18 Å². The van der Waals surface area contributed by atoms with Crippen molar-refractivity contribution < 1.29 is 17.9 Å². The van der Waals surface area contributed by atoms with Gasteiger partial charge in [-0.15, -0.1) is 24.0 Å². The van der Waals surface area contributed by atoms with Crippen LogP contribution in [0.2, 0.25) is 0 Å². The maximum absolute atomic E-state index is 12.6. The second-order valence-electron chi connectivity index (χ2n) is 4.63. The molecule has 0 fully saturated rings. The van der Waals surface area contributed by atoms with Crippen molar-refractivity contribution in [2.45, 2.75) is 6.18 Å². The molecule has 0 radical (unpaired) electrons. The van der Waals surface area contributed by atoms with Crippen LogP contribution in [0.5, 0.6) is 5.75 Å². The molecule has 130 valence electrons. The molecule has 0 saturated carbocycles. The number of nitrogens with zero attached hydrogens (tertiary/aromatic N) is 1. The van der Waals surface area contributed by atoms with Crippen LogP contribution in [-0.2, 0) is 6.18 Å². The van der Waals surface area contributed by atoms with E-state index in [0.717, 1.165) is 17.8 Å². The van der Waals surface area contributed by atoms with Crippen LogP contribution in [0.1, 0.15) is 5.56 Å². The third-order valence-electron chi connectivity index (χ3n) is 2.85. The summed E-state index contributed by atoms with van der Waals surface area (Å²) in [6, 6.07) is 14.0. The Morgan fingerprint density at radius 2 is 1.79 bits per heavy atom. The average molecular weight is 451 g/mol. The fourth-order valence-corrected chi connectivity index (χ4v) is 1.80. The van der Waals surface area contributed by atoms with Gasteiger partial charge in [-0.3, -0.25) is 0 Å². The van der Waals surface area contributed by atoms with E-state index < -0.39 is 11.7 Å². The summed E-state index contributed by atoms with van der Waals surface area (Å²) >= 11 is 0. The number of nitrogens with one attached hydrogen (secondary N) is 1. The largest absolute Gasteiger partial charge is 0.492 e. The lowest BCUT2D eigenvalue weighted by atomic mass is 10.2. The van der Waals surface area contributed by atoms with E-state index in [4.69, 9.17) is 10.5 Å². The first-order chi connectivity index (χ1) is 10.9. The lowest BCUT2D eigenvalue weighted by molar-refractivity contribution is -0.137. The Hall–Kier alpha value is -1.97. The van der Waals surface area contributed by atoms with Gasteiger partial charge in [0.05, 0.1) is 12.1 Å². The van der Waals surface area contributed by atoms with Crippen LogP contribution in [0.25, 0.3) is 0 Å². The number of ether oxygens (including phenoxy) is 1. The molecule has 0 aromatic heterocycles. The number of anilines is 1. The summed E-state index contributed by atoms with van der Waals surface area (Å²) in [5.41, 5.74) is 5.75. The van der Waals surface area contributed by atoms with Gasteiger partial charge in [-0.25, -0.2) is 4.99 Å². The van der Waals surface area contributed by atoms with Gasteiger partial charge in [-0.05, 0) is 30.3 Å². The summed E-state index contributed by atoms with van der Waals surface area (Å²) in [5, 5.41) is 2.89. The van der Waals surface area contributed by atoms with Crippen LogP contribution in [0.3, 0.4) is 0 Å². The van der Waals surface area contributed by atoms with Crippen molar-refractivity contribution in [3.63, 3.8) is 0 Å². The van der Waals surface area contributed by atoms with E-state index in [9.17, 15) is 13.2 Å². The number of nitrogens with two attached hydrogens (primary N) is 1. The van der Waals surface area contributed by atoms with Gasteiger partial charge < -0.3 is 15.8 Å². The van der Waals surface area contributed by atoms with Crippen molar-refractivity contribution in [3.05, 3.63) is 60.2 Å². The Kier molecular flexibility index (Phi) is 7.83. The highest BCUT2D eigenvalue weighted by Gasteiger charge is 2.30.